The molecule has 1 unspecified atom stereocenters. The molecule has 1 aromatic carbocycles. The zero-order chi connectivity index (χ0) is 15.6. The number of carbonyl (C=O) groups is 1. The van der Waals surface area contributed by atoms with E-state index in [0.29, 0.717) is 5.56 Å². The average Bonchev–Trinajstić information content (AvgIpc) is 2.79. The van der Waals surface area contributed by atoms with Crippen molar-refractivity contribution in [1.82, 2.24) is 14.5 Å². The van der Waals surface area contributed by atoms with Crippen LogP contribution in [0.15, 0.2) is 18.2 Å². The number of imidazole rings is 1. The van der Waals surface area contributed by atoms with Crippen molar-refractivity contribution in [1.29, 1.82) is 0 Å². The van der Waals surface area contributed by atoms with E-state index in [1.165, 1.54) is 0 Å². The monoisotopic (exact) mass is 289 g/mol. The Morgan fingerprint density at radius 3 is 2.62 bits per heavy atom. The van der Waals surface area contributed by atoms with Crippen molar-refractivity contribution in [3.05, 3.63) is 29.6 Å². The largest absolute Gasteiger partial charge is 0.478 e. The fraction of sp³-hybridized carbons (Fsp3) is 0.500. The zero-order valence-corrected chi connectivity index (χ0v) is 13.1. The van der Waals surface area contributed by atoms with Crippen molar-refractivity contribution in [3.8, 4) is 0 Å². The predicted octanol–water partition coefficient (Wildman–Crippen LogP) is 2.95. The molecule has 5 heteroatoms. The number of carboxylic acid groups (broad SMARTS) is 1. The van der Waals surface area contributed by atoms with E-state index in [2.05, 4.69) is 35.2 Å². The van der Waals surface area contributed by atoms with E-state index >= 15 is 0 Å². The van der Waals surface area contributed by atoms with E-state index in [-0.39, 0.29) is 6.04 Å². The van der Waals surface area contributed by atoms with Crippen LogP contribution in [0.25, 0.3) is 11.0 Å². The number of aromatic carboxylic acids is 1. The molecule has 1 atom stereocenters. The van der Waals surface area contributed by atoms with Crippen LogP contribution in [0.2, 0.25) is 0 Å². The second-order valence-electron chi connectivity index (χ2n) is 5.37. The molecule has 0 amide bonds. The highest BCUT2D eigenvalue weighted by Gasteiger charge is 2.16. The second kappa shape index (κ2) is 6.26. The number of carboxylic acids is 1. The topological polar surface area (TPSA) is 58.4 Å². The minimum absolute atomic E-state index is 0.249. The standard InChI is InChI=1S/C16H23N3O2/c1-5-18(6-2)10-11(3)19-12(4)17-14-8-7-13(16(20)21)9-15(14)19/h7-9,11H,5-6,10H2,1-4H3,(H,20,21). The summed E-state index contributed by atoms with van der Waals surface area (Å²) in [5, 5.41) is 9.16. The lowest BCUT2D eigenvalue weighted by molar-refractivity contribution is 0.0697. The Balaban J connectivity index is 2.44. The zero-order valence-electron chi connectivity index (χ0n) is 13.1. The van der Waals surface area contributed by atoms with Gasteiger partial charge in [0.1, 0.15) is 5.82 Å². The van der Waals surface area contributed by atoms with Crippen LogP contribution < -0.4 is 0 Å². The Kier molecular flexibility index (Phi) is 4.63. The highest BCUT2D eigenvalue weighted by molar-refractivity contribution is 5.92. The van der Waals surface area contributed by atoms with Crippen molar-refractivity contribution < 1.29 is 9.90 Å². The first-order valence-electron chi connectivity index (χ1n) is 7.42. The number of likely N-dealkylation sites (N-methyl/N-ethyl adjacent to an activating group) is 1. The quantitative estimate of drug-likeness (QED) is 0.888. The molecule has 0 radical (unpaired) electrons. The van der Waals surface area contributed by atoms with Crippen molar-refractivity contribution in [2.75, 3.05) is 19.6 Å². The van der Waals surface area contributed by atoms with Crippen LogP contribution >= 0.6 is 0 Å². The third-order valence-electron chi connectivity index (χ3n) is 3.97. The molecule has 5 nitrogen and oxygen atoms in total. The maximum Gasteiger partial charge on any atom is 0.335 e. The maximum atomic E-state index is 11.2. The first-order chi connectivity index (χ1) is 9.97. The lowest BCUT2D eigenvalue weighted by atomic mass is 10.2. The van der Waals surface area contributed by atoms with Crippen molar-refractivity contribution in [3.63, 3.8) is 0 Å². The van der Waals surface area contributed by atoms with Crippen LogP contribution in [-0.2, 0) is 0 Å². The molecule has 0 aliphatic rings. The van der Waals surface area contributed by atoms with Crippen LogP contribution in [0, 0.1) is 6.92 Å². The van der Waals surface area contributed by atoms with Crippen LogP contribution in [0.5, 0.6) is 0 Å². The number of rotatable bonds is 6. The molecule has 0 saturated heterocycles. The number of fused-ring (bicyclic) bond motifs is 1. The molecule has 0 saturated carbocycles. The van der Waals surface area contributed by atoms with E-state index in [9.17, 15) is 4.79 Å². The molecule has 1 N–H and O–H groups in total. The first-order valence-corrected chi connectivity index (χ1v) is 7.42. The summed E-state index contributed by atoms with van der Waals surface area (Å²) in [7, 11) is 0. The van der Waals surface area contributed by atoms with Gasteiger partial charge in [0.2, 0.25) is 0 Å². The second-order valence-corrected chi connectivity index (χ2v) is 5.37. The summed E-state index contributed by atoms with van der Waals surface area (Å²) in [5.41, 5.74) is 2.05. The summed E-state index contributed by atoms with van der Waals surface area (Å²) >= 11 is 0. The SMILES string of the molecule is CCN(CC)CC(C)n1c(C)nc2ccc(C(=O)O)cc21. The fourth-order valence-corrected chi connectivity index (χ4v) is 2.84. The van der Waals surface area contributed by atoms with Gasteiger partial charge >= 0.3 is 5.97 Å². The van der Waals surface area contributed by atoms with E-state index in [0.717, 1.165) is 36.5 Å². The van der Waals surface area contributed by atoms with Crippen LogP contribution in [0.4, 0.5) is 0 Å². The molecular weight excluding hydrogens is 266 g/mol. The molecular formula is C16H23N3O2. The first kappa shape index (κ1) is 15.5. The molecule has 0 spiro atoms. The molecule has 0 aliphatic carbocycles. The molecule has 0 bridgehead atoms. The Labute approximate surface area is 125 Å². The minimum atomic E-state index is -0.904. The van der Waals surface area contributed by atoms with E-state index < -0.39 is 5.97 Å². The van der Waals surface area contributed by atoms with Crippen LogP contribution in [-0.4, -0.2) is 45.2 Å². The Morgan fingerprint density at radius 2 is 2.05 bits per heavy atom. The van der Waals surface area contributed by atoms with Gasteiger partial charge in [-0.3, -0.25) is 0 Å². The summed E-state index contributed by atoms with van der Waals surface area (Å²) in [4.78, 5) is 18.1. The predicted molar refractivity (Wildman–Crippen MR) is 83.9 cm³/mol. The molecule has 1 aromatic heterocycles. The van der Waals surface area contributed by atoms with E-state index in [1.54, 1.807) is 18.2 Å². The summed E-state index contributed by atoms with van der Waals surface area (Å²) in [5.74, 6) is 0.0193. The minimum Gasteiger partial charge on any atom is -0.478 e. The fourth-order valence-electron chi connectivity index (χ4n) is 2.84. The molecule has 0 fully saturated rings. The Morgan fingerprint density at radius 1 is 1.38 bits per heavy atom. The highest BCUT2D eigenvalue weighted by atomic mass is 16.4. The van der Waals surface area contributed by atoms with Gasteiger partial charge < -0.3 is 14.6 Å². The molecule has 0 aliphatic heterocycles. The maximum absolute atomic E-state index is 11.2. The number of hydrogen-bond acceptors (Lipinski definition) is 3. The highest BCUT2D eigenvalue weighted by Crippen LogP contribution is 2.23. The van der Waals surface area contributed by atoms with Gasteiger partial charge in [-0.05, 0) is 45.1 Å². The lowest BCUT2D eigenvalue weighted by Crippen LogP contribution is -2.29. The van der Waals surface area contributed by atoms with Gasteiger partial charge in [0.25, 0.3) is 0 Å². The van der Waals surface area contributed by atoms with Gasteiger partial charge in [-0.25, -0.2) is 9.78 Å². The molecule has 2 aromatic rings. The van der Waals surface area contributed by atoms with Gasteiger partial charge in [-0.15, -0.1) is 0 Å². The molecule has 1 heterocycles. The van der Waals surface area contributed by atoms with Crippen LogP contribution in [0.3, 0.4) is 0 Å². The molecule has 21 heavy (non-hydrogen) atoms. The average molecular weight is 289 g/mol. The summed E-state index contributed by atoms with van der Waals surface area (Å²) < 4.78 is 2.14. The molecule has 2 rings (SSSR count). The third-order valence-corrected chi connectivity index (χ3v) is 3.97. The van der Waals surface area contributed by atoms with Crippen LogP contribution in [0.1, 0.15) is 43.0 Å². The van der Waals surface area contributed by atoms with Gasteiger partial charge in [0.15, 0.2) is 0 Å². The molecule has 114 valence electrons. The Bertz CT molecular complexity index is 644. The van der Waals surface area contributed by atoms with Crippen molar-refractivity contribution >= 4 is 17.0 Å². The van der Waals surface area contributed by atoms with E-state index in [1.807, 2.05) is 6.92 Å². The van der Waals surface area contributed by atoms with Gasteiger partial charge in [0, 0.05) is 12.6 Å². The normalized spacial score (nSPS) is 13.0. The summed E-state index contributed by atoms with van der Waals surface area (Å²) in [6.07, 6.45) is 0. The number of nitrogens with zero attached hydrogens (tertiary/aromatic N) is 3. The Hall–Kier alpha value is -1.88. The summed E-state index contributed by atoms with van der Waals surface area (Å²) in [6.45, 7) is 11.4. The van der Waals surface area contributed by atoms with Crippen molar-refractivity contribution in [2.24, 2.45) is 0 Å². The van der Waals surface area contributed by atoms with Gasteiger partial charge in [0.05, 0.1) is 16.6 Å². The number of aryl methyl sites for hydroxylation is 1. The number of aromatic nitrogens is 2. The third kappa shape index (κ3) is 3.08. The van der Waals surface area contributed by atoms with Gasteiger partial charge in [-0.2, -0.15) is 0 Å². The van der Waals surface area contributed by atoms with Crippen molar-refractivity contribution in [2.45, 2.75) is 33.7 Å². The smallest absolute Gasteiger partial charge is 0.335 e. The summed E-state index contributed by atoms with van der Waals surface area (Å²) in [6, 6.07) is 5.36. The number of benzene rings is 1. The van der Waals surface area contributed by atoms with E-state index in [4.69, 9.17) is 5.11 Å². The van der Waals surface area contributed by atoms with Gasteiger partial charge in [-0.1, -0.05) is 13.8 Å². The number of hydrogen-bond donors (Lipinski definition) is 1. The lowest BCUT2D eigenvalue weighted by Gasteiger charge is -2.25.